The number of benzene rings is 2. The molecule has 0 aliphatic carbocycles. The minimum absolute atomic E-state index is 0.000691. The third-order valence-corrected chi connectivity index (χ3v) is 4.80. The second kappa shape index (κ2) is 9.05. The fraction of sp³-hybridized carbons (Fsp3) is 0.222. The molecule has 2 amide bonds. The third-order valence-electron chi connectivity index (χ3n) is 3.87. The van der Waals surface area contributed by atoms with Crippen LogP contribution in [0.15, 0.2) is 53.4 Å². The maximum atomic E-state index is 12.5. The van der Waals surface area contributed by atoms with Crippen molar-refractivity contribution >= 4 is 21.8 Å². The maximum absolute atomic E-state index is 12.5. The highest BCUT2D eigenvalue weighted by molar-refractivity contribution is 7.89. The lowest BCUT2D eigenvalue weighted by atomic mass is 10.1. The van der Waals surface area contributed by atoms with Gasteiger partial charge in [-0.1, -0.05) is 12.1 Å². The average Bonchev–Trinajstić information content (AvgIpc) is 2.65. The van der Waals surface area contributed by atoms with Gasteiger partial charge in [-0.2, -0.15) is 13.2 Å². The summed E-state index contributed by atoms with van der Waals surface area (Å²) < 4.78 is 59.9. The van der Waals surface area contributed by atoms with Crippen LogP contribution in [-0.4, -0.2) is 33.3 Å². The second-order valence-corrected chi connectivity index (χ2v) is 7.61. The van der Waals surface area contributed by atoms with Crippen LogP contribution >= 0.6 is 0 Å². The Labute approximate surface area is 165 Å². The van der Waals surface area contributed by atoms with Crippen LogP contribution in [0, 0.1) is 0 Å². The van der Waals surface area contributed by atoms with Gasteiger partial charge >= 0.3 is 6.18 Å². The summed E-state index contributed by atoms with van der Waals surface area (Å²) >= 11 is 0. The van der Waals surface area contributed by atoms with Gasteiger partial charge in [0.25, 0.3) is 5.91 Å². The highest BCUT2D eigenvalue weighted by Crippen LogP contribution is 2.29. The summed E-state index contributed by atoms with van der Waals surface area (Å²) in [4.78, 5) is 23.6. The number of primary sulfonamides is 1. The first-order chi connectivity index (χ1) is 13.5. The zero-order chi connectivity index (χ0) is 21.7. The predicted octanol–water partition coefficient (Wildman–Crippen LogP) is 1.44. The summed E-state index contributed by atoms with van der Waals surface area (Å²) in [7, 11) is -3.77. The summed E-state index contributed by atoms with van der Waals surface area (Å²) in [5, 5.41) is 9.89. The Morgan fingerprint density at radius 2 is 1.52 bits per heavy atom. The highest BCUT2D eigenvalue weighted by Gasteiger charge is 2.30. The first kappa shape index (κ1) is 22.4. The number of carbonyl (C=O) groups is 2. The van der Waals surface area contributed by atoms with Crippen molar-refractivity contribution in [1.29, 1.82) is 0 Å². The van der Waals surface area contributed by atoms with Crippen LogP contribution in [0.1, 0.15) is 21.5 Å². The SMILES string of the molecule is NS(=O)(=O)c1ccc(CCNC(=O)CNC(=O)c2ccc(C(F)(F)F)cc2)cc1. The molecule has 0 saturated heterocycles. The van der Waals surface area contributed by atoms with Crippen LogP contribution in [0.2, 0.25) is 0 Å². The van der Waals surface area contributed by atoms with Crippen LogP contribution in [0.4, 0.5) is 13.2 Å². The minimum Gasteiger partial charge on any atom is -0.354 e. The Hall–Kier alpha value is -2.92. The number of halogens is 3. The van der Waals surface area contributed by atoms with Crippen molar-refractivity contribution in [3.05, 3.63) is 65.2 Å². The molecule has 0 bridgehead atoms. The number of hydrogen-bond donors (Lipinski definition) is 3. The van der Waals surface area contributed by atoms with Gasteiger partial charge in [0.15, 0.2) is 0 Å². The van der Waals surface area contributed by atoms with Crippen molar-refractivity contribution in [2.75, 3.05) is 13.1 Å². The molecule has 0 aliphatic rings. The summed E-state index contributed by atoms with van der Waals surface area (Å²) in [6.45, 7) is -0.103. The van der Waals surface area contributed by atoms with Gasteiger partial charge < -0.3 is 10.6 Å². The lowest BCUT2D eigenvalue weighted by Gasteiger charge is -2.09. The molecule has 29 heavy (non-hydrogen) atoms. The summed E-state index contributed by atoms with van der Waals surface area (Å²) in [5.41, 5.74) is -0.101. The van der Waals surface area contributed by atoms with Crippen molar-refractivity contribution in [3.8, 4) is 0 Å². The Morgan fingerprint density at radius 1 is 0.931 bits per heavy atom. The van der Waals surface area contributed by atoms with Gasteiger partial charge in [-0.15, -0.1) is 0 Å². The van der Waals surface area contributed by atoms with Gasteiger partial charge in [-0.05, 0) is 48.4 Å². The van der Waals surface area contributed by atoms with E-state index in [1.807, 2.05) is 0 Å². The quantitative estimate of drug-likeness (QED) is 0.617. The first-order valence-electron chi connectivity index (χ1n) is 8.31. The standard InChI is InChI=1S/C18H18F3N3O4S/c19-18(20,21)14-5-3-13(4-6-14)17(26)24-11-16(25)23-10-9-12-1-7-15(8-2-12)29(22,27)28/h1-8H,9-11H2,(H,23,25)(H,24,26)(H2,22,27,28). The van der Waals surface area contributed by atoms with E-state index in [9.17, 15) is 31.2 Å². The fourth-order valence-corrected chi connectivity index (χ4v) is 2.84. The molecule has 0 saturated carbocycles. The molecule has 0 spiro atoms. The van der Waals surface area contributed by atoms with Gasteiger partial charge in [0.2, 0.25) is 15.9 Å². The highest BCUT2D eigenvalue weighted by atomic mass is 32.2. The van der Waals surface area contributed by atoms with E-state index in [-0.39, 0.29) is 23.5 Å². The van der Waals surface area contributed by atoms with Crippen LogP contribution < -0.4 is 15.8 Å². The zero-order valence-electron chi connectivity index (χ0n) is 15.0. The number of hydrogen-bond acceptors (Lipinski definition) is 4. The number of alkyl halides is 3. The number of nitrogens with one attached hydrogen (secondary N) is 2. The Kier molecular flexibility index (Phi) is 6.98. The number of carbonyl (C=O) groups excluding carboxylic acids is 2. The van der Waals surface area contributed by atoms with Gasteiger partial charge in [0, 0.05) is 12.1 Å². The molecule has 0 fully saturated rings. The first-order valence-corrected chi connectivity index (χ1v) is 9.85. The molecule has 0 aliphatic heterocycles. The van der Waals surface area contributed by atoms with Gasteiger partial charge in [0.1, 0.15) is 0 Å². The van der Waals surface area contributed by atoms with Gasteiger partial charge in [0.05, 0.1) is 17.0 Å². The van der Waals surface area contributed by atoms with Crippen LogP contribution in [0.25, 0.3) is 0 Å². The van der Waals surface area contributed by atoms with Crippen molar-refractivity contribution < 1.29 is 31.2 Å². The molecule has 0 aromatic heterocycles. The van der Waals surface area contributed by atoms with Gasteiger partial charge in [-0.25, -0.2) is 13.6 Å². The Bertz CT molecular complexity index is 973. The van der Waals surface area contributed by atoms with E-state index in [1.165, 1.54) is 12.1 Å². The van der Waals surface area contributed by atoms with E-state index in [0.717, 1.165) is 29.8 Å². The molecule has 2 aromatic rings. The molecule has 156 valence electrons. The maximum Gasteiger partial charge on any atom is 0.416 e. The molecule has 2 aromatic carbocycles. The minimum atomic E-state index is -4.49. The smallest absolute Gasteiger partial charge is 0.354 e. The normalized spacial score (nSPS) is 11.7. The van der Waals surface area contributed by atoms with Gasteiger partial charge in [-0.3, -0.25) is 9.59 Å². The molecule has 11 heteroatoms. The lowest BCUT2D eigenvalue weighted by Crippen LogP contribution is -2.37. The second-order valence-electron chi connectivity index (χ2n) is 6.05. The Balaban J connectivity index is 1.76. The molecule has 0 atom stereocenters. The topological polar surface area (TPSA) is 118 Å². The van der Waals surface area contributed by atoms with Crippen LogP contribution in [0.3, 0.4) is 0 Å². The molecular weight excluding hydrogens is 411 g/mol. The summed E-state index contributed by atoms with van der Waals surface area (Å²) in [5.74, 6) is -1.15. The largest absolute Gasteiger partial charge is 0.416 e. The average molecular weight is 429 g/mol. The Morgan fingerprint density at radius 3 is 2.03 bits per heavy atom. The molecule has 0 unspecified atom stereocenters. The van der Waals surface area contributed by atoms with Crippen LogP contribution in [0.5, 0.6) is 0 Å². The van der Waals surface area contributed by atoms with E-state index in [4.69, 9.17) is 5.14 Å². The van der Waals surface area contributed by atoms with Crippen molar-refractivity contribution in [1.82, 2.24) is 10.6 Å². The number of amides is 2. The van der Waals surface area contributed by atoms with E-state index in [0.29, 0.717) is 6.42 Å². The number of nitrogens with two attached hydrogens (primary N) is 1. The van der Waals surface area contributed by atoms with E-state index in [2.05, 4.69) is 10.6 Å². The predicted molar refractivity (Wildman–Crippen MR) is 98.3 cm³/mol. The summed E-state index contributed by atoms with van der Waals surface area (Å²) in [6.07, 6.45) is -4.07. The van der Waals surface area contributed by atoms with Crippen molar-refractivity contribution in [2.24, 2.45) is 5.14 Å². The molecule has 7 nitrogen and oxygen atoms in total. The zero-order valence-corrected chi connectivity index (χ0v) is 15.8. The number of sulfonamides is 1. The molecular formula is C18H18F3N3O4S. The molecule has 2 rings (SSSR count). The van der Waals surface area contributed by atoms with Crippen molar-refractivity contribution in [2.45, 2.75) is 17.5 Å². The summed E-state index contributed by atoms with van der Waals surface area (Å²) in [6, 6.07) is 9.49. The molecule has 0 radical (unpaired) electrons. The van der Waals surface area contributed by atoms with E-state index in [1.54, 1.807) is 12.1 Å². The lowest BCUT2D eigenvalue weighted by molar-refractivity contribution is -0.137. The monoisotopic (exact) mass is 429 g/mol. The molecule has 0 heterocycles. The van der Waals surface area contributed by atoms with E-state index >= 15 is 0 Å². The van der Waals surface area contributed by atoms with E-state index < -0.39 is 33.6 Å². The number of rotatable bonds is 7. The fourth-order valence-electron chi connectivity index (χ4n) is 2.33. The van der Waals surface area contributed by atoms with Crippen LogP contribution in [-0.2, 0) is 27.4 Å². The molecule has 4 N–H and O–H groups in total. The van der Waals surface area contributed by atoms with Crippen molar-refractivity contribution in [3.63, 3.8) is 0 Å². The third kappa shape index (κ3) is 6.88.